The van der Waals surface area contributed by atoms with Gasteiger partial charge in [-0.2, -0.15) is 8.42 Å². The highest BCUT2D eigenvalue weighted by Gasteiger charge is 2.46. The number of aliphatic hydroxyl groups is 2. The third-order valence-electron chi connectivity index (χ3n) is 4.96. The maximum atomic E-state index is 12.4. The molecule has 1 aliphatic rings. The zero-order chi connectivity index (χ0) is 22.6. The summed E-state index contributed by atoms with van der Waals surface area (Å²) in [5.41, 5.74) is 1.24. The molecule has 1 fully saturated rings. The smallest absolute Gasteiger partial charge is 0.297 e. The monoisotopic (exact) mass is 451 g/mol. The van der Waals surface area contributed by atoms with Crippen molar-refractivity contribution in [2.45, 2.75) is 42.5 Å². The van der Waals surface area contributed by atoms with Crippen molar-refractivity contribution in [1.82, 2.24) is 5.32 Å². The van der Waals surface area contributed by atoms with Gasteiger partial charge in [0.25, 0.3) is 16.0 Å². The van der Waals surface area contributed by atoms with E-state index in [1.165, 1.54) is 19.2 Å². The molecule has 10 heteroatoms. The van der Waals surface area contributed by atoms with Crippen LogP contribution in [0.4, 0.5) is 0 Å². The van der Waals surface area contributed by atoms with Crippen molar-refractivity contribution in [1.29, 1.82) is 0 Å². The summed E-state index contributed by atoms with van der Waals surface area (Å²) in [5.74, 6) is -0.487. The van der Waals surface area contributed by atoms with Crippen molar-refractivity contribution in [2.75, 3.05) is 13.7 Å². The van der Waals surface area contributed by atoms with Crippen molar-refractivity contribution in [3.63, 3.8) is 0 Å². The Balaban J connectivity index is 1.67. The lowest BCUT2D eigenvalue weighted by molar-refractivity contribution is -0.259. The lowest BCUT2D eigenvalue weighted by atomic mass is 9.96. The number of rotatable bonds is 7. The summed E-state index contributed by atoms with van der Waals surface area (Å²) in [6.45, 7) is 1.27. The molecule has 1 amide bonds. The van der Waals surface area contributed by atoms with Crippen LogP contribution < -0.4 is 5.32 Å². The van der Waals surface area contributed by atoms with Gasteiger partial charge in [0.2, 0.25) is 0 Å². The Bertz CT molecular complexity index is 978. The third-order valence-corrected chi connectivity index (χ3v) is 6.26. The predicted molar refractivity (Wildman–Crippen MR) is 110 cm³/mol. The molecule has 0 bridgehead atoms. The first kappa shape index (κ1) is 23.3. The summed E-state index contributed by atoms with van der Waals surface area (Å²) in [6.07, 6.45) is -5.35. The van der Waals surface area contributed by atoms with Crippen molar-refractivity contribution in [2.24, 2.45) is 0 Å². The van der Waals surface area contributed by atoms with E-state index in [2.05, 4.69) is 5.32 Å². The summed E-state index contributed by atoms with van der Waals surface area (Å²) in [5, 5.41) is 23.6. The Morgan fingerprint density at radius 3 is 2.32 bits per heavy atom. The van der Waals surface area contributed by atoms with Crippen LogP contribution in [0.15, 0.2) is 59.5 Å². The number of hydrogen-bond acceptors (Lipinski definition) is 8. The highest BCUT2D eigenvalue weighted by atomic mass is 32.2. The van der Waals surface area contributed by atoms with E-state index in [4.69, 9.17) is 13.7 Å². The molecule has 1 saturated heterocycles. The Hall–Kier alpha value is -2.34. The minimum absolute atomic E-state index is 0.0414. The number of aliphatic hydroxyl groups excluding tert-OH is 2. The SMILES string of the molecule is CO[C@@H]1O[C@@H](COS(=O)(=O)c2ccc(C)cc2)[C@@H](O)[C@H](O)[C@@H]1NC(=O)c1ccccc1. The fourth-order valence-electron chi connectivity index (χ4n) is 3.18. The Kier molecular flexibility index (Phi) is 7.42. The number of hydrogen-bond donors (Lipinski definition) is 3. The van der Waals surface area contributed by atoms with Crippen LogP contribution in [0.1, 0.15) is 15.9 Å². The van der Waals surface area contributed by atoms with E-state index in [1.54, 1.807) is 42.5 Å². The van der Waals surface area contributed by atoms with Gasteiger partial charge in [-0.25, -0.2) is 0 Å². The molecule has 168 valence electrons. The average molecular weight is 451 g/mol. The second-order valence-corrected chi connectivity index (χ2v) is 8.79. The third kappa shape index (κ3) is 5.48. The highest BCUT2D eigenvalue weighted by molar-refractivity contribution is 7.86. The van der Waals surface area contributed by atoms with Crippen LogP contribution in [-0.4, -0.2) is 68.9 Å². The quantitative estimate of drug-likeness (QED) is 0.522. The molecule has 0 radical (unpaired) electrons. The summed E-state index contributed by atoms with van der Waals surface area (Å²) < 4.78 is 40.6. The van der Waals surface area contributed by atoms with E-state index in [0.717, 1.165) is 5.56 Å². The molecule has 3 rings (SSSR count). The molecule has 3 N–H and O–H groups in total. The number of carbonyl (C=O) groups is 1. The molecule has 2 aromatic rings. The van der Waals surface area contributed by atoms with Gasteiger partial charge in [0.05, 0.1) is 11.5 Å². The molecule has 1 aliphatic heterocycles. The number of carbonyl (C=O) groups excluding carboxylic acids is 1. The molecule has 5 atom stereocenters. The average Bonchev–Trinajstić information content (AvgIpc) is 2.77. The van der Waals surface area contributed by atoms with Gasteiger partial charge in [0.15, 0.2) is 6.29 Å². The van der Waals surface area contributed by atoms with Crippen LogP contribution in [0.25, 0.3) is 0 Å². The molecule has 9 nitrogen and oxygen atoms in total. The lowest BCUT2D eigenvalue weighted by Crippen LogP contribution is -2.64. The standard InChI is InChI=1S/C21H25NO8S/c1-13-8-10-15(11-9-13)31(26,27)29-12-16-18(23)19(24)17(21(28-2)30-16)22-20(25)14-6-4-3-5-7-14/h3-11,16-19,21,23-24H,12H2,1-2H3,(H,22,25)/t16-,17-,18+,19+,21+/m0/s1. The van der Waals surface area contributed by atoms with Gasteiger partial charge in [0, 0.05) is 12.7 Å². The molecule has 0 saturated carbocycles. The van der Waals surface area contributed by atoms with Crippen molar-refractivity contribution < 1.29 is 37.1 Å². The molecule has 0 aliphatic carbocycles. The molecular formula is C21H25NO8S. The number of aryl methyl sites for hydroxylation is 1. The molecular weight excluding hydrogens is 426 g/mol. The molecule has 0 unspecified atom stereocenters. The highest BCUT2D eigenvalue weighted by Crippen LogP contribution is 2.24. The number of ether oxygens (including phenoxy) is 2. The largest absolute Gasteiger partial charge is 0.388 e. The van der Waals surface area contributed by atoms with Crippen LogP contribution in [0, 0.1) is 6.92 Å². The first-order valence-electron chi connectivity index (χ1n) is 9.59. The van der Waals surface area contributed by atoms with Gasteiger partial charge in [-0.3, -0.25) is 8.98 Å². The zero-order valence-corrected chi connectivity index (χ0v) is 17.9. The van der Waals surface area contributed by atoms with E-state index in [1.807, 2.05) is 6.92 Å². The van der Waals surface area contributed by atoms with Gasteiger partial charge in [-0.15, -0.1) is 0 Å². The molecule has 1 heterocycles. The second-order valence-electron chi connectivity index (χ2n) is 7.18. The minimum atomic E-state index is -4.09. The Morgan fingerprint density at radius 2 is 1.71 bits per heavy atom. The van der Waals surface area contributed by atoms with E-state index in [9.17, 15) is 23.4 Å². The van der Waals surface area contributed by atoms with Gasteiger partial charge in [0.1, 0.15) is 24.4 Å². The van der Waals surface area contributed by atoms with E-state index >= 15 is 0 Å². The Labute approximate surface area is 180 Å². The molecule has 0 spiro atoms. The molecule has 31 heavy (non-hydrogen) atoms. The first-order chi connectivity index (χ1) is 14.7. The summed E-state index contributed by atoms with van der Waals surface area (Å²) in [6, 6.07) is 13.3. The van der Waals surface area contributed by atoms with Gasteiger partial charge in [-0.1, -0.05) is 35.9 Å². The maximum absolute atomic E-state index is 12.4. The van der Waals surface area contributed by atoms with Crippen LogP contribution in [0.3, 0.4) is 0 Å². The van der Waals surface area contributed by atoms with E-state index < -0.39 is 53.3 Å². The summed E-state index contributed by atoms with van der Waals surface area (Å²) in [4.78, 5) is 12.4. The molecule has 0 aromatic heterocycles. The summed E-state index contributed by atoms with van der Waals surface area (Å²) >= 11 is 0. The van der Waals surface area contributed by atoms with Crippen molar-refractivity contribution in [3.05, 3.63) is 65.7 Å². The fraction of sp³-hybridized carbons (Fsp3) is 0.381. The zero-order valence-electron chi connectivity index (χ0n) is 17.0. The van der Waals surface area contributed by atoms with Gasteiger partial charge in [-0.05, 0) is 31.2 Å². The van der Waals surface area contributed by atoms with Crippen LogP contribution >= 0.6 is 0 Å². The van der Waals surface area contributed by atoms with Gasteiger partial charge >= 0.3 is 0 Å². The number of methoxy groups -OCH3 is 1. The van der Waals surface area contributed by atoms with Crippen molar-refractivity contribution >= 4 is 16.0 Å². The normalized spacial score (nSPS) is 26.4. The second kappa shape index (κ2) is 9.86. The van der Waals surface area contributed by atoms with E-state index in [-0.39, 0.29) is 4.90 Å². The van der Waals surface area contributed by atoms with Crippen molar-refractivity contribution in [3.8, 4) is 0 Å². The topological polar surface area (TPSA) is 131 Å². The van der Waals surface area contributed by atoms with E-state index in [0.29, 0.717) is 5.56 Å². The Morgan fingerprint density at radius 1 is 1.06 bits per heavy atom. The number of nitrogens with one attached hydrogen (secondary N) is 1. The maximum Gasteiger partial charge on any atom is 0.297 e. The van der Waals surface area contributed by atoms with Crippen LogP contribution in [0.2, 0.25) is 0 Å². The minimum Gasteiger partial charge on any atom is -0.388 e. The van der Waals surface area contributed by atoms with Crippen LogP contribution in [-0.2, 0) is 23.8 Å². The van der Waals surface area contributed by atoms with Crippen LogP contribution in [0.5, 0.6) is 0 Å². The summed E-state index contributed by atoms with van der Waals surface area (Å²) in [7, 11) is -2.79. The number of amides is 1. The number of benzene rings is 2. The fourth-order valence-corrected chi connectivity index (χ4v) is 4.10. The molecule has 2 aromatic carbocycles. The van der Waals surface area contributed by atoms with Gasteiger partial charge < -0.3 is 25.0 Å². The predicted octanol–water partition coefficient (Wildman–Crippen LogP) is 0.592. The lowest BCUT2D eigenvalue weighted by Gasteiger charge is -2.42. The first-order valence-corrected chi connectivity index (χ1v) is 11.0.